The number of nitrogens with one attached hydrogen (secondary N) is 2. The zero-order valence-electron chi connectivity index (χ0n) is 13.7. The van der Waals surface area contributed by atoms with Crippen molar-refractivity contribution in [3.8, 4) is 0 Å². The molecule has 0 atom stereocenters. The first-order chi connectivity index (χ1) is 10.2. The van der Waals surface area contributed by atoms with Crippen molar-refractivity contribution in [3.05, 3.63) is 47.3 Å². The van der Waals surface area contributed by atoms with Gasteiger partial charge in [-0.15, -0.1) is 0 Å². The van der Waals surface area contributed by atoms with Gasteiger partial charge in [-0.05, 0) is 52.8 Å². The molecule has 0 saturated heterocycles. The molecule has 2 aromatic rings. The van der Waals surface area contributed by atoms with Gasteiger partial charge in [0, 0.05) is 16.9 Å². The number of hydrogen-bond donors (Lipinski definition) is 2. The van der Waals surface area contributed by atoms with Crippen LogP contribution in [0.1, 0.15) is 42.5 Å². The first-order valence-corrected chi connectivity index (χ1v) is 7.25. The van der Waals surface area contributed by atoms with Gasteiger partial charge in [-0.25, -0.2) is 9.97 Å². The third kappa shape index (κ3) is 4.28. The molecule has 5 nitrogen and oxygen atoms in total. The van der Waals surface area contributed by atoms with Gasteiger partial charge in [0.05, 0.1) is 11.3 Å². The van der Waals surface area contributed by atoms with Crippen LogP contribution in [0.5, 0.6) is 0 Å². The number of anilines is 2. The molecule has 1 aromatic heterocycles. The average molecular weight is 298 g/mol. The summed E-state index contributed by atoms with van der Waals surface area (Å²) in [6.07, 6.45) is 0. The van der Waals surface area contributed by atoms with E-state index >= 15 is 0 Å². The number of nitrogens with zero attached hydrogens (tertiary/aromatic N) is 2. The van der Waals surface area contributed by atoms with Crippen LogP contribution < -0.4 is 10.6 Å². The van der Waals surface area contributed by atoms with E-state index in [0.717, 1.165) is 11.4 Å². The number of benzene rings is 1. The van der Waals surface area contributed by atoms with E-state index in [4.69, 9.17) is 0 Å². The molecule has 1 heterocycles. The standard InChI is InChI=1S/C17H22N4O/c1-11-10-12(2)19-16(18-11)20-14-9-7-6-8-13(14)15(22)21-17(3,4)5/h6-10H,1-5H3,(H,21,22)(H,18,19,20). The Morgan fingerprint density at radius 3 is 2.23 bits per heavy atom. The van der Waals surface area contributed by atoms with Crippen LogP contribution in [0, 0.1) is 13.8 Å². The van der Waals surface area contributed by atoms with E-state index in [9.17, 15) is 4.79 Å². The van der Waals surface area contributed by atoms with E-state index in [1.54, 1.807) is 6.07 Å². The van der Waals surface area contributed by atoms with E-state index in [2.05, 4.69) is 20.6 Å². The second-order valence-corrected chi connectivity index (χ2v) is 6.35. The molecule has 0 spiro atoms. The SMILES string of the molecule is Cc1cc(C)nc(Nc2ccccc2C(=O)NC(C)(C)C)n1. The maximum Gasteiger partial charge on any atom is 0.253 e. The highest BCUT2D eigenvalue weighted by Crippen LogP contribution is 2.20. The average Bonchev–Trinajstić information content (AvgIpc) is 2.35. The lowest BCUT2D eigenvalue weighted by Gasteiger charge is -2.21. The van der Waals surface area contributed by atoms with Crippen molar-refractivity contribution in [2.24, 2.45) is 0 Å². The second kappa shape index (κ2) is 6.13. The Kier molecular flexibility index (Phi) is 4.45. The lowest BCUT2D eigenvalue weighted by molar-refractivity contribution is 0.0920. The van der Waals surface area contributed by atoms with Crippen molar-refractivity contribution in [2.45, 2.75) is 40.2 Å². The number of amides is 1. The molecule has 0 saturated carbocycles. The molecule has 1 amide bonds. The molecule has 0 bridgehead atoms. The molecule has 1 aromatic carbocycles. The van der Waals surface area contributed by atoms with E-state index in [1.165, 1.54) is 0 Å². The lowest BCUT2D eigenvalue weighted by atomic mass is 10.1. The highest BCUT2D eigenvalue weighted by molar-refractivity contribution is 6.00. The zero-order valence-corrected chi connectivity index (χ0v) is 13.7. The summed E-state index contributed by atoms with van der Waals surface area (Å²) in [7, 11) is 0. The summed E-state index contributed by atoms with van der Waals surface area (Å²) in [5, 5.41) is 6.10. The first kappa shape index (κ1) is 15.9. The Morgan fingerprint density at radius 1 is 1.05 bits per heavy atom. The zero-order chi connectivity index (χ0) is 16.3. The third-order valence-electron chi connectivity index (χ3n) is 2.89. The summed E-state index contributed by atoms with van der Waals surface area (Å²) in [6, 6.07) is 9.25. The Hall–Kier alpha value is -2.43. The van der Waals surface area contributed by atoms with Crippen LogP contribution in [0.4, 0.5) is 11.6 Å². The quantitative estimate of drug-likeness (QED) is 0.911. The van der Waals surface area contributed by atoms with Crippen molar-refractivity contribution >= 4 is 17.5 Å². The largest absolute Gasteiger partial charge is 0.347 e. The van der Waals surface area contributed by atoms with Crippen molar-refractivity contribution in [3.63, 3.8) is 0 Å². The minimum atomic E-state index is -0.291. The normalized spacial score (nSPS) is 11.1. The molecule has 0 fully saturated rings. The predicted molar refractivity (Wildman–Crippen MR) is 88.4 cm³/mol. The molecule has 0 aliphatic heterocycles. The van der Waals surface area contributed by atoms with Gasteiger partial charge >= 0.3 is 0 Å². The van der Waals surface area contributed by atoms with Crippen molar-refractivity contribution in [2.75, 3.05) is 5.32 Å². The monoisotopic (exact) mass is 298 g/mol. The van der Waals surface area contributed by atoms with Gasteiger partial charge in [-0.3, -0.25) is 4.79 Å². The summed E-state index contributed by atoms with van der Waals surface area (Å²) in [5.74, 6) is 0.369. The third-order valence-corrected chi connectivity index (χ3v) is 2.89. The highest BCUT2D eigenvalue weighted by atomic mass is 16.1. The Balaban J connectivity index is 2.30. The van der Waals surface area contributed by atoms with Gasteiger partial charge in [-0.2, -0.15) is 0 Å². The minimum Gasteiger partial charge on any atom is -0.347 e. The van der Waals surface area contributed by atoms with Crippen LogP contribution in [-0.2, 0) is 0 Å². The highest BCUT2D eigenvalue weighted by Gasteiger charge is 2.18. The number of aromatic nitrogens is 2. The van der Waals surface area contributed by atoms with Crippen LogP contribution in [0.2, 0.25) is 0 Å². The van der Waals surface area contributed by atoms with Gasteiger partial charge in [0.1, 0.15) is 0 Å². The number of aryl methyl sites for hydroxylation is 2. The maximum atomic E-state index is 12.4. The molecular formula is C17H22N4O. The van der Waals surface area contributed by atoms with Crippen LogP contribution in [0.25, 0.3) is 0 Å². The minimum absolute atomic E-state index is 0.125. The predicted octanol–water partition coefficient (Wildman–Crippen LogP) is 3.37. The van der Waals surface area contributed by atoms with Crippen molar-refractivity contribution in [1.29, 1.82) is 0 Å². The maximum absolute atomic E-state index is 12.4. The molecule has 116 valence electrons. The van der Waals surface area contributed by atoms with E-state index in [1.807, 2.05) is 58.9 Å². The molecule has 5 heteroatoms. The van der Waals surface area contributed by atoms with Gasteiger partial charge in [0.2, 0.25) is 5.95 Å². The molecule has 2 rings (SSSR count). The number of carbonyl (C=O) groups excluding carboxylic acids is 1. The molecule has 0 radical (unpaired) electrons. The number of hydrogen-bond acceptors (Lipinski definition) is 4. The molecule has 2 N–H and O–H groups in total. The van der Waals surface area contributed by atoms with Gasteiger partial charge in [-0.1, -0.05) is 12.1 Å². The molecular weight excluding hydrogens is 276 g/mol. The number of para-hydroxylation sites is 1. The molecule has 0 aliphatic rings. The fourth-order valence-electron chi connectivity index (χ4n) is 2.10. The lowest BCUT2D eigenvalue weighted by Crippen LogP contribution is -2.40. The summed E-state index contributed by atoms with van der Waals surface area (Å²) in [6.45, 7) is 9.69. The Bertz CT molecular complexity index is 669. The fraction of sp³-hybridized carbons (Fsp3) is 0.353. The van der Waals surface area contributed by atoms with E-state index in [0.29, 0.717) is 17.2 Å². The van der Waals surface area contributed by atoms with Gasteiger partial charge in [0.25, 0.3) is 5.91 Å². The number of carbonyl (C=O) groups is 1. The summed E-state index contributed by atoms with van der Waals surface area (Å²) in [4.78, 5) is 21.1. The van der Waals surface area contributed by atoms with Crippen LogP contribution >= 0.6 is 0 Å². The first-order valence-electron chi connectivity index (χ1n) is 7.25. The Labute approximate surface area is 131 Å². The van der Waals surface area contributed by atoms with E-state index in [-0.39, 0.29) is 11.4 Å². The fourth-order valence-corrected chi connectivity index (χ4v) is 2.10. The van der Waals surface area contributed by atoms with Gasteiger partial charge < -0.3 is 10.6 Å². The summed E-state index contributed by atoms with van der Waals surface area (Å²) in [5.41, 5.74) is 2.73. The van der Waals surface area contributed by atoms with E-state index < -0.39 is 0 Å². The van der Waals surface area contributed by atoms with Gasteiger partial charge in [0.15, 0.2) is 0 Å². The molecule has 0 aliphatic carbocycles. The molecule has 0 unspecified atom stereocenters. The van der Waals surface area contributed by atoms with Crippen LogP contribution in [-0.4, -0.2) is 21.4 Å². The second-order valence-electron chi connectivity index (χ2n) is 6.35. The van der Waals surface area contributed by atoms with Crippen molar-refractivity contribution < 1.29 is 4.79 Å². The Morgan fingerprint density at radius 2 is 1.64 bits per heavy atom. The molecule has 22 heavy (non-hydrogen) atoms. The van der Waals surface area contributed by atoms with Crippen LogP contribution in [0.15, 0.2) is 30.3 Å². The smallest absolute Gasteiger partial charge is 0.253 e. The summed E-state index contributed by atoms with van der Waals surface area (Å²) >= 11 is 0. The summed E-state index contributed by atoms with van der Waals surface area (Å²) < 4.78 is 0. The van der Waals surface area contributed by atoms with Crippen LogP contribution in [0.3, 0.4) is 0 Å². The number of rotatable bonds is 3. The topological polar surface area (TPSA) is 66.9 Å². The van der Waals surface area contributed by atoms with Crippen molar-refractivity contribution in [1.82, 2.24) is 15.3 Å².